The molecule has 2 unspecified atom stereocenters. The van der Waals surface area contributed by atoms with Gasteiger partial charge < -0.3 is 9.84 Å². The lowest BCUT2D eigenvalue weighted by Crippen LogP contribution is -2.22. The zero-order valence-corrected chi connectivity index (χ0v) is 8.97. The number of ether oxygens (including phenoxy) is 1. The molecule has 0 fully saturated rings. The van der Waals surface area contributed by atoms with Gasteiger partial charge in [-0.1, -0.05) is 29.8 Å². The van der Waals surface area contributed by atoms with Gasteiger partial charge in [-0.2, -0.15) is 5.26 Å². The van der Waals surface area contributed by atoms with Gasteiger partial charge >= 0.3 is 0 Å². The Morgan fingerprint density at radius 2 is 2.27 bits per heavy atom. The Morgan fingerprint density at radius 3 is 2.80 bits per heavy atom. The molecule has 3 heteroatoms. The van der Waals surface area contributed by atoms with Gasteiger partial charge in [-0.15, -0.1) is 0 Å². The minimum absolute atomic E-state index is 0.173. The SMILES string of the molecule is COCC(O)C(C#N)c1cccc(C)c1. The summed E-state index contributed by atoms with van der Waals surface area (Å²) in [5.74, 6) is -0.523. The molecule has 0 heterocycles. The lowest BCUT2D eigenvalue weighted by Gasteiger charge is -2.16. The van der Waals surface area contributed by atoms with Crippen LogP contribution in [0.5, 0.6) is 0 Å². The third-order valence-electron chi connectivity index (χ3n) is 2.26. The number of methoxy groups -OCH3 is 1. The van der Waals surface area contributed by atoms with E-state index in [1.807, 2.05) is 31.2 Å². The van der Waals surface area contributed by atoms with Crippen molar-refractivity contribution in [2.24, 2.45) is 0 Å². The summed E-state index contributed by atoms with van der Waals surface area (Å²) in [6, 6.07) is 9.70. The van der Waals surface area contributed by atoms with Crippen LogP contribution in [-0.2, 0) is 4.74 Å². The second-order valence-electron chi connectivity index (χ2n) is 3.54. The highest BCUT2D eigenvalue weighted by Gasteiger charge is 2.20. The fourth-order valence-electron chi connectivity index (χ4n) is 1.51. The molecule has 0 amide bonds. The fraction of sp³-hybridized carbons (Fsp3) is 0.417. The van der Waals surface area contributed by atoms with Crippen molar-refractivity contribution in [3.05, 3.63) is 35.4 Å². The molecular formula is C12H15NO2. The minimum atomic E-state index is -0.776. The number of aryl methyl sites for hydroxylation is 1. The van der Waals surface area contributed by atoms with E-state index in [1.54, 1.807) is 0 Å². The molecule has 0 saturated carbocycles. The number of hydrogen-bond acceptors (Lipinski definition) is 3. The predicted molar refractivity (Wildman–Crippen MR) is 57.4 cm³/mol. The van der Waals surface area contributed by atoms with Crippen molar-refractivity contribution in [2.75, 3.05) is 13.7 Å². The molecule has 1 N–H and O–H groups in total. The average molecular weight is 205 g/mol. The first kappa shape index (κ1) is 11.7. The number of nitrogens with zero attached hydrogens (tertiary/aromatic N) is 1. The van der Waals surface area contributed by atoms with Gasteiger partial charge in [-0.05, 0) is 12.5 Å². The summed E-state index contributed by atoms with van der Waals surface area (Å²) < 4.78 is 4.84. The highest BCUT2D eigenvalue weighted by atomic mass is 16.5. The van der Waals surface area contributed by atoms with Crippen LogP contribution in [-0.4, -0.2) is 24.9 Å². The summed E-state index contributed by atoms with van der Waals surface area (Å²) >= 11 is 0. The van der Waals surface area contributed by atoms with Crippen molar-refractivity contribution in [1.82, 2.24) is 0 Å². The molecule has 0 aromatic heterocycles. The number of aliphatic hydroxyl groups excluding tert-OH is 1. The van der Waals surface area contributed by atoms with Gasteiger partial charge in [0.15, 0.2) is 0 Å². The maximum atomic E-state index is 9.71. The Labute approximate surface area is 89.9 Å². The van der Waals surface area contributed by atoms with Gasteiger partial charge in [-0.3, -0.25) is 0 Å². The molecular weight excluding hydrogens is 190 g/mol. The molecule has 15 heavy (non-hydrogen) atoms. The maximum absolute atomic E-state index is 9.71. The number of aliphatic hydroxyl groups is 1. The Bertz CT molecular complexity index is 357. The summed E-state index contributed by atoms with van der Waals surface area (Å²) in [4.78, 5) is 0. The molecule has 1 rings (SSSR count). The first-order valence-electron chi connectivity index (χ1n) is 4.82. The third-order valence-corrected chi connectivity index (χ3v) is 2.26. The zero-order chi connectivity index (χ0) is 11.3. The molecule has 3 nitrogen and oxygen atoms in total. The van der Waals surface area contributed by atoms with Crippen LogP contribution in [0.3, 0.4) is 0 Å². The fourth-order valence-corrected chi connectivity index (χ4v) is 1.51. The summed E-state index contributed by atoms with van der Waals surface area (Å²) in [5, 5.41) is 18.7. The van der Waals surface area contributed by atoms with Crippen LogP contribution in [0, 0.1) is 18.3 Å². The highest BCUT2D eigenvalue weighted by Crippen LogP contribution is 2.20. The van der Waals surface area contributed by atoms with E-state index in [1.165, 1.54) is 7.11 Å². The third kappa shape index (κ3) is 3.05. The smallest absolute Gasteiger partial charge is 0.0994 e. The molecule has 0 aliphatic heterocycles. The van der Waals surface area contributed by atoms with Crippen LogP contribution in [0.25, 0.3) is 0 Å². The first-order valence-corrected chi connectivity index (χ1v) is 4.82. The molecule has 0 saturated heterocycles. The molecule has 2 atom stereocenters. The van der Waals surface area contributed by atoms with E-state index >= 15 is 0 Å². The van der Waals surface area contributed by atoms with Gasteiger partial charge in [0.1, 0.15) is 0 Å². The number of rotatable bonds is 4. The normalized spacial score (nSPS) is 14.3. The van der Waals surface area contributed by atoms with E-state index in [0.29, 0.717) is 0 Å². The van der Waals surface area contributed by atoms with E-state index in [2.05, 4.69) is 6.07 Å². The number of nitriles is 1. The molecule has 0 spiro atoms. The Balaban J connectivity index is 2.88. The first-order chi connectivity index (χ1) is 7.19. The average Bonchev–Trinajstić information content (AvgIpc) is 2.19. The van der Waals surface area contributed by atoms with Gasteiger partial charge in [-0.25, -0.2) is 0 Å². The van der Waals surface area contributed by atoms with Gasteiger partial charge in [0.25, 0.3) is 0 Å². The van der Waals surface area contributed by atoms with Crippen LogP contribution in [0.1, 0.15) is 17.0 Å². The van der Waals surface area contributed by atoms with E-state index in [0.717, 1.165) is 11.1 Å². The highest BCUT2D eigenvalue weighted by molar-refractivity contribution is 5.30. The van der Waals surface area contributed by atoms with E-state index < -0.39 is 12.0 Å². The molecule has 0 radical (unpaired) electrons. The summed E-state index contributed by atoms with van der Waals surface area (Å²) in [5.41, 5.74) is 1.92. The van der Waals surface area contributed by atoms with Crippen LogP contribution >= 0.6 is 0 Å². The topological polar surface area (TPSA) is 53.2 Å². The summed E-state index contributed by atoms with van der Waals surface area (Å²) in [7, 11) is 1.51. The minimum Gasteiger partial charge on any atom is -0.389 e. The Kier molecular flexibility index (Phi) is 4.29. The van der Waals surface area contributed by atoms with E-state index in [-0.39, 0.29) is 6.61 Å². The maximum Gasteiger partial charge on any atom is 0.0994 e. The lowest BCUT2D eigenvalue weighted by atomic mass is 9.94. The molecule has 1 aromatic rings. The molecule has 1 aromatic carbocycles. The van der Waals surface area contributed by atoms with Crippen molar-refractivity contribution < 1.29 is 9.84 Å². The number of hydrogen-bond donors (Lipinski definition) is 1. The second kappa shape index (κ2) is 5.50. The molecule has 0 aliphatic carbocycles. The van der Waals surface area contributed by atoms with E-state index in [4.69, 9.17) is 10.00 Å². The molecule has 0 aliphatic rings. The van der Waals surface area contributed by atoms with Crippen molar-refractivity contribution in [1.29, 1.82) is 5.26 Å². The lowest BCUT2D eigenvalue weighted by molar-refractivity contribution is 0.0571. The molecule has 0 bridgehead atoms. The second-order valence-corrected chi connectivity index (χ2v) is 3.54. The quantitative estimate of drug-likeness (QED) is 0.812. The Morgan fingerprint density at radius 1 is 1.53 bits per heavy atom. The van der Waals surface area contributed by atoms with Gasteiger partial charge in [0.05, 0.1) is 24.7 Å². The van der Waals surface area contributed by atoms with Crippen LogP contribution in [0.2, 0.25) is 0 Å². The van der Waals surface area contributed by atoms with Crippen LogP contribution in [0.15, 0.2) is 24.3 Å². The standard InChI is InChI=1S/C12H15NO2/c1-9-4-3-5-10(6-9)11(7-13)12(14)8-15-2/h3-6,11-12,14H,8H2,1-2H3. The van der Waals surface area contributed by atoms with Gasteiger partial charge in [0, 0.05) is 7.11 Å². The van der Waals surface area contributed by atoms with Gasteiger partial charge in [0.2, 0.25) is 0 Å². The number of benzene rings is 1. The van der Waals surface area contributed by atoms with E-state index in [9.17, 15) is 5.11 Å². The van der Waals surface area contributed by atoms with Crippen molar-refractivity contribution in [2.45, 2.75) is 18.9 Å². The Hall–Kier alpha value is -1.37. The molecule has 80 valence electrons. The predicted octanol–water partition coefficient (Wildman–Crippen LogP) is 1.61. The zero-order valence-electron chi connectivity index (χ0n) is 8.97. The van der Waals surface area contributed by atoms with Crippen molar-refractivity contribution in [3.8, 4) is 6.07 Å². The summed E-state index contributed by atoms with van der Waals surface area (Å²) in [6.07, 6.45) is -0.776. The van der Waals surface area contributed by atoms with Crippen LogP contribution in [0.4, 0.5) is 0 Å². The monoisotopic (exact) mass is 205 g/mol. The van der Waals surface area contributed by atoms with Crippen molar-refractivity contribution >= 4 is 0 Å². The largest absolute Gasteiger partial charge is 0.389 e. The van der Waals surface area contributed by atoms with Crippen molar-refractivity contribution in [3.63, 3.8) is 0 Å². The summed E-state index contributed by atoms with van der Waals surface area (Å²) in [6.45, 7) is 2.13. The van der Waals surface area contributed by atoms with Crippen LogP contribution < -0.4 is 0 Å².